The summed E-state index contributed by atoms with van der Waals surface area (Å²) in [5.41, 5.74) is 1.95. The Balaban J connectivity index is 1.47. The van der Waals surface area contributed by atoms with Crippen molar-refractivity contribution < 1.29 is 17.9 Å². The molecule has 1 saturated heterocycles. The molecule has 1 aliphatic heterocycles. The van der Waals surface area contributed by atoms with Crippen molar-refractivity contribution in [2.45, 2.75) is 17.4 Å². The van der Waals surface area contributed by atoms with Crippen molar-refractivity contribution in [2.24, 2.45) is 0 Å². The van der Waals surface area contributed by atoms with Crippen LogP contribution >= 0.6 is 11.3 Å². The van der Waals surface area contributed by atoms with Gasteiger partial charge in [0.1, 0.15) is 11.9 Å². The number of hydrogen-bond acceptors (Lipinski definition) is 6. The largest absolute Gasteiger partial charge is 0.497 e. The number of thiazole rings is 1. The van der Waals surface area contributed by atoms with Crippen LogP contribution in [0, 0.1) is 0 Å². The summed E-state index contributed by atoms with van der Waals surface area (Å²) in [5, 5.41) is 2.41. The highest BCUT2D eigenvalue weighted by Gasteiger charge is 2.34. The van der Waals surface area contributed by atoms with E-state index in [4.69, 9.17) is 9.47 Å². The van der Waals surface area contributed by atoms with Gasteiger partial charge in [0.15, 0.2) is 0 Å². The van der Waals surface area contributed by atoms with E-state index in [-0.39, 0.29) is 6.10 Å². The molecule has 1 fully saturated rings. The summed E-state index contributed by atoms with van der Waals surface area (Å²) in [6.45, 7) is 0.779. The predicted molar refractivity (Wildman–Crippen MR) is 108 cm³/mol. The van der Waals surface area contributed by atoms with Gasteiger partial charge >= 0.3 is 0 Å². The van der Waals surface area contributed by atoms with Gasteiger partial charge in [-0.1, -0.05) is 35.6 Å². The van der Waals surface area contributed by atoms with E-state index in [0.717, 1.165) is 16.9 Å². The normalized spacial score (nSPS) is 17.5. The number of sulfonamides is 1. The molecule has 2 heterocycles. The Kier molecular flexibility index (Phi) is 5.34. The monoisotopic (exact) mass is 416 g/mol. The smallest absolute Gasteiger partial charge is 0.273 e. The summed E-state index contributed by atoms with van der Waals surface area (Å²) >= 11 is 1.41. The topological polar surface area (TPSA) is 68.7 Å². The molecule has 28 heavy (non-hydrogen) atoms. The molecule has 0 spiro atoms. The van der Waals surface area contributed by atoms with Crippen molar-refractivity contribution in [3.05, 3.63) is 60.1 Å². The lowest BCUT2D eigenvalue weighted by molar-refractivity contribution is 0.214. The summed E-state index contributed by atoms with van der Waals surface area (Å²) < 4.78 is 38.3. The zero-order chi connectivity index (χ0) is 19.6. The van der Waals surface area contributed by atoms with Crippen molar-refractivity contribution >= 4 is 21.4 Å². The van der Waals surface area contributed by atoms with Crippen LogP contribution in [0.25, 0.3) is 11.1 Å². The molecule has 1 aliphatic rings. The molecule has 8 heteroatoms. The van der Waals surface area contributed by atoms with E-state index < -0.39 is 10.0 Å². The third-order valence-corrected chi connectivity index (χ3v) is 7.24. The number of hydrogen-bond donors (Lipinski definition) is 0. The number of methoxy groups -OCH3 is 1. The molecule has 3 aromatic rings. The Morgan fingerprint density at radius 3 is 2.36 bits per heavy atom. The molecule has 0 amide bonds. The average molecular weight is 417 g/mol. The summed E-state index contributed by atoms with van der Waals surface area (Å²) in [6.07, 6.45) is 2.16. The standard InChI is InChI=1S/C20H20N2O4S2/c1-25-17-6-2-15(3-7-17)16-4-8-19(9-5-16)28(23,24)22-12-10-18(14-22)26-20-21-11-13-27-20/h2-9,11,13,18H,10,12,14H2,1H3/t18-/m0/s1. The highest BCUT2D eigenvalue weighted by Crippen LogP contribution is 2.27. The lowest BCUT2D eigenvalue weighted by Crippen LogP contribution is -2.31. The fourth-order valence-corrected chi connectivity index (χ4v) is 5.21. The SMILES string of the molecule is COc1ccc(-c2ccc(S(=O)(=O)N3CC[C@H](Oc4nccs4)C3)cc2)cc1. The Morgan fingerprint density at radius 2 is 1.75 bits per heavy atom. The van der Waals surface area contributed by atoms with E-state index in [1.54, 1.807) is 25.4 Å². The summed E-state index contributed by atoms with van der Waals surface area (Å²) in [5.74, 6) is 0.784. The number of rotatable bonds is 6. The zero-order valence-corrected chi connectivity index (χ0v) is 16.9. The first-order valence-electron chi connectivity index (χ1n) is 8.87. The molecule has 2 aromatic carbocycles. The van der Waals surface area contributed by atoms with Gasteiger partial charge in [-0.2, -0.15) is 4.31 Å². The predicted octanol–water partition coefficient (Wildman–Crippen LogP) is 3.66. The molecular formula is C20H20N2O4S2. The summed E-state index contributed by atoms with van der Waals surface area (Å²) in [4.78, 5) is 4.39. The van der Waals surface area contributed by atoms with Crippen LogP contribution in [0.2, 0.25) is 0 Å². The van der Waals surface area contributed by atoms with Gasteiger partial charge in [0, 0.05) is 18.1 Å². The van der Waals surface area contributed by atoms with E-state index in [2.05, 4.69) is 4.98 Å². The highest BCUT2D eigenvalue weighted by molar-refractivity contribution is 7.89. The Hall–Kier alpha value is -2.42. The summed E-state index contributed by atoms with van der Waals surface area (Å²) in [6, 6.07) is 14.6. The lowest BCUT2D eigenvalue weighted by Gasteiger charge is -2.17. The molecule has 0 radical (unpaired) electrons. The van der Waals surface area contributed by atoms with Crippen molar-refractivity contribution in [1.82, 2.24) is 9.29 Å². The lowest BCUT2D eigenvalue weighted by atomic mass is 10.1. The van der Waals surface area contributed by atoms with Gasteiger partial charge in [0.25, 0.3) is 5.19 Å². The molecule has 0 saturated carbocycles. The minimum absolute atomic E-state index is 0.167. The molecule has 0 bridgehead atoms. The van der Waals surface area contributed by atoms with E-state index in [0.29, 0.717) is 29.6 Å². The quantitative estimate of drug-likeness (QED) is 0.613. The van der Waals surface area contributed by atoms with E-state index in [9.17, 15) is 8.42 Å². The second-order valence-electron chi connectivity index (χ2n) is 6.44. The van der Waals surface area contributed by atoms with Crippen LogP contribution in [0.1, 0.15) is 6.42 Å². The van der Waals surface area contributed by atoms with Crippen LogP contribution < -0.4 is 9.47 Å². The number of ether oxygens (including phenoxy) is 2. The molecule has 1 atom stereocenters. The van der Waals surface area contributed by atoms with Gasteiger partial charge in [-0.15, -0.1) is 0 Å². The first-order chi connectivity index (χ1) is 13.6. The van der Waals surface area contributed by atoms with Gasteiger partial charge in [0.05, 0.1) is 18.6 Å². The van der Waals surface area contributed by atoms with Crippen LogP contribution in [-0.4, -0.2) is 44.0 Å². The zero-order valence-electron chi connectivity index (χ0n) is 15.3. The van der Waals surface area contributed by atoms with Crippen LogP contribution in [0.4, 0.5) is 0 Å². The number of nitrogens with zero attached hydrogens (tertiary/aromatic N) is 2. The molecule has 146 valence electrons. The molecule has 1 aromatic heterocycles. The van der Waals surface area contributed by atoms with Crippen molar-refractivity contribution in [3.8, 4) is 22.1 Å². The fourth-order valence-electron chi connectivity index (χ4n) is 3.18. The second-order valence-corrected chi connectivity index (χ2v) is 9.24. The Bertz CT molecular complexity index is 1020. The average Bonchev–Trinajstić information content (AvgIpc) is 3.41. The maximum absolute atomic E-state index is 13.0. The van der Waals surface area contributed by atoms with Crippen molar-refractivity contribution in [3.63, 3.8) is 0 Å². The number of aromatic nitrogens is 1. The molecular weight excluding hydrogens is 396 g/mol. The van der Waals surface area contributed by atoms with Gasteiger partial charge in [-0.05, 0) is 41.8 Å². The summed E-state index contributed by atoms with van der Waals surface area (Å²) in [7, 11) is -1.92. The Labute approximate surface area is 168 Å². The molecule has 0 unspecified atom stereocenters. The third-order valence-electron chi connectivity index (χ3n) is 4.70. The van der Waals surface area contributed by atoms with Gasteiger partial charge in [0.2, 0.25) is 10.0 Å². The van der Waals surface area contributed by atoms with Gasteiger partial charge in [-0.3, -0.25) is 0 Å². The first-order valence-corrected chi connectivity index (χ1v) is 11.2. The van der Waals surface area contributed by atoms with Gasteiger partial charge < -0.3 is 9.47 Å². The van der Waals surface area contributed by atoms with E-state index in [1.807, 2.05) is 41.8 Å². The maximum atomic E-state index is 13.0. The van der Waals surface area contributed by atoms with Crippen LogP contribution in [0.3, 0.4) is 0 Å². The van der Waals surface area contributed by atoms with Gasteiger partial charge in [-0.25, -0.2) is 13.4 Å². The van der Waals surface area contributed by atoms with Crippen LogP contribution in [0.15, 0.2) is 65.0 Å². The van der Waals surface area contributed by atoms with Crippen molar-refractivity contribution in [1.29, 1.82) is 0 Å². The first kappa shape index (κ1) is 18.9. The highest BCUT2D eigenvalue weighted by atomic mass is 32.2. The maximum Gasteiger partial charge on any atom is 0.273 e. The second kappa shape index (κ2) is 7.90. The molecule has 6 nitrogen and oxygen atoms in total. The Morgan fingerprint density at radius 1 is 1.07 bits per heavy atom. The molecule has 4 rings (SSSR count). The fraction of sp³-hybridized carbons (Fsp3) is 0.250. The van der Waals surface area contributed by atoms with Crippen molar-refractivity contribution in [2.75, 3.05) is 20.2 Å². The minimum Gasteiger partial charge on any atom is -0.497 e. The molecule has 0 N–H and O–H groups in total. The molecule has 0 aliphatic carbocycles. The van der Waals surface area contributed by atoms with Crippen LogP contribution in [-0.2, 0) is 10.0 Å². The van der Waals surface area contributed by atoms with Crippen LogP contribution in [0.5, 0.6) is 10.9 Å². The van der Waals surface area contributed by atoms with E-state index >= 15 is 0 Å². The third kappa shape index (κ3) is 3.89. The number of benzene rings is 2. The minimum atomic E-state index is -3.54. The van der Waals surface area contributed by atoms with E-state index in [1.165, 1.54) is 15.6 Å².